The molecule has 174 valence electrons. The number of aromatic nitrogens is 2. The Morgan fingerprint density at radius 3 is 2.58 bits per heavy atom. The second kappa shape index (κ2) is 9.25. The lowest BCUT2D eigenvalue weighted by molar-refractivity contribution is 0.0598. The van der Waals surface area contributed by atoms with E-state index in [1.807, 2.05) is 45.0 Å². The number of esters is 1. The van der Waals surface area contributed by atoms with E-state index in [-0.39, 0.29) is 5.97 Å². The van der Waals surface area contributed by atoms with E-state index in [1.54, 1.807) is 12.3 Å². The molecule has 0 aliphatic heterocycles. The van der Waals surface area contributed by atoms with Gasteiger partial charge in [0, 0.05) is 22.7 Å². The molecule has 2 N–H and O–H groups in total. The molecule has 1 saturated carbocycles. The Balaban J connectivity index is 1.83. The summed E-state index contributed by atoms with van der Waals surface area (Å²) in [6.45, 7) is 5.47. The SMILES string of the molecule is COC(=O)c1ccc2c(C3CCCCC3)c(-c3cccnc3NC(=O)OC(C)(C)C)[nH]c2c1. The van der Waals surface area contributed by atoms with E-state index in [0.717, 1.165) is 35.0 Å². The topological polar surface area (TPSA) is 93.3 Å². The van der Waals surface area contributed by atoms with Crippen LogP contribution in [0.25, 0.3) is 22.2 Å². The number of nitrogens with one attached hydrogen (secondary N) is 2. The third-order valence-corrected chi connectivity index (χ3v) is 5.97. The van der Waals surface area contributed by atoms with Gasteiger partial charge in [-0.3, -0.25) is 5.32 Å². The molecule has 1 aliphatic carbocycles. The van der Waals surface area contributed by atoms with E-state index in [4.69, 9.17) is 9.47 Å². The highest BCUT2D eigenvalue weighted by Crippen LogP contribution is 2.43. The number of methoxy groups -OCH3 is 1. The molecule has 0 spiro atoms. The number of rotatable bonds is 4. The van der Waals surface area contributed by atoms with Gasteiger partial charge in [0.15, 0.2) is 0 Å². The number of benzene rings is 1. The summed E-state index contributed by atoms with van der Waals surface area (Å²) in [5, 5.41) is 3.89. The van der Waals surface area contributed by atoms with Crippen molar-refractivity contribution >= 4 is 28.8 Å². The van der Waals surface area contributed by atoms with Gasteiger partial charge in [0.05, 0.1) is 18.4 Å². The molecule has 7 heteroatoms. The van der Waals surface area contributed by atoms with E-state index < -0.39 is 11.7 Å². The number of hydrogen-bond donors (Lipinski definition) is 2. The third-order valence-electron chi connectivity index (χ3n) is 5.97. The second-order valence-corrected chi connectivity index (χ2v) is 9.53. The quantitative estimate of drug-likeness (QED) is 0.449. The minimum Gasteiger partial charge on any atom is -0.465 e. The van der Waals surface area contributed by atoms with E-state index in [0.29, 0.717) is 17.3 Å². The van der Waals surface area contributed by atoms with Gasteiger partial charge in [-0.25, -0.2) is 14.6 Å². The summed E-state index contributed by atoms with van der Waals surface area (Å²) in [4.78, 5) is 32.5. The molecule has 3 aromatic rings. The molecule has 1 amide bonds. The molecule has 0 saturated heterocycles. The Labute approximate surface area is 193 Å². The van der Waals surface area contributed by atoms with Gasteiger partial charge in [0.1, 0.15) is 11.4 Å². The molecule has 33 heavy (non-hydrogen) atoms. The summed E-state index contributed by atoms with van der Waals surface area (Å²) in [7, 11) is 1.38. The molecule has 2 heterocycles. The van der Waals surface area contributed by atoms with E-state index in [2.05, 4.69) is 15.3 Å². The standard InChI is InChI=1S/C26H31N3O4/c1-26(2,3)33-25(31)29-23-19(11-8-14-27-23)22-21(16-9-6-5-7-10-16)18-13-12-17(24(30)32-4)15-20(18)28-22/h8,11-16,28H,5-7,9-10H2,1-4H3,(H,27,29,31). The van der Waals surface area contributed by atoms with Crippen LogP contribution in [0.4, 0.5) is 10.6 Å². The summed E-state index contributed by atoms with van der Waals surface area (Å²) in [5.74, 6) is 0.450. The van der Waals surface area contributed by atoms with Gasteiger partial charge >= 0.3 is 12.1 Å². The minimum absolute atomic E-state index is 0.374. The molecule has 0 bridgehead atoms. The Morgan fingerprint density at radius 2 is 1.88 bits per heavy atom. The normalized spacial score (nSPS) is 14.8. The molecule has 0 atom stereocenters. The zero-order valence-electron chi connectivity index (χ0n) is 19.7. The van der Waals surface area contributed by atoms with Crippen molar-refractivity contribution in [3.05, 3.63) is 47.7 Å². The molecular weight excluding hydrogens is 418 g/mol. The van der Waals surface area contributed by atoms with Crippen LogP contribution in [0.5, 0.6) is 0 Å². The third kappa shape index (κ3) is 5.02. The summed E-state index contributed by atoms with van der Waals surface area (Å²) in [6, 6.07) is 9.42. The summed E-state index contributed by atoms with van der Waals surface area (Å²) in [5.41, 5.74) is 3.66. The molecule has 1 aromatic carbocycles. The van der Waals surface area contributed by atoms with Crippen LogP contribution >= 0.6 is 0 Å². The van der Waals surface area contributed by atoms with Crippen molar-refractivity contribution in [2.45, 2.75) is 64.4 Å². The van der Waals surface area contributed by atoms with Gasteiger partial charge in [-0.2, -0.15) is 0 Å². The number of pyridine rings is 1. The number of nitrogens with zero attached hydrogens (tertiary/aromatic N) is 1. The Morgan fingerprint density at radius 1 is 1.12 bits per heavy atom. The summed E-state index contributed by atoms with van der Waals surface area (Å²) < 4.78 is 10.3. The first-order chi connectivity index (χ1) is 15.8. The highest BCUT2D eigenvalue weighted by molar-refractivity contribution is 5.99. The molecular formula is C26H31N3O4. The van der Waals surface area contributed by atoms with Gasteiger partial charge in [-0.15, -0.1) is 0 Å². The number of aromatic amines is 1. The molecule has 0 radical (unpaired) electrons. The minimum atomic E-state index is -0.613. The maximum absolute atomic E-state index is 12.5. The molecule has 2 aromatic heterocycles. The number of amides is 1. The van der Waals surface area contributed by atoms with Crippen molar-refractivity contribution < 1.29 is 19.1 Å². The maximum atomic E-state index is 12.5. The van der Waals surface area contributed by atoms with Crippen LogP contribution in [0.2, 0.25) is 0 Å². The Hall–Kier alpha value is -3.35. The van der Waals surface area contributed by atoms with Crippen molar-refractivity contribution in [1.82, 2.24) is 9.97 Å². The molecule has 7 nitrogen and oxygen atoms in total. The number of fused-ring (bicyclic) bond motifs is 1. The Bertz CT molecular complexity index is 1170. The first kappa shape index (κ1) is 22.8. The van der Waals surface area contributed by atoms with Crippen molar-refractivity contribution in [2.75, 3.05) is 12.4 Å². The summed E-state index contributed by atoms with van der Waals surface area (Å²) in [6.07, 6.45) is 6.93. The van der Waals surface area contributed by atoms with Gasteiger partial charge in [0.25, 0.3) is 0 Å². The number of ether oxygens (including phenoxy) is 2. The van der Waals surface area contributed by atoms with Gasteiger partial charge in [-0.1, -0.05) is 25.3 Å². The van der Waals surface area contributed by atoms with Gasteiger partial charge < -0.3 is 14.5 Å². The Kier molecular flexibility index (Phi) is 6.40. The highest BCUT2D eigenvalue weighted by atomic mass is 16.6. The van der Waals surface area contributed by atoms with Crippen molar-refractivity contribution in [3.63, 3.8) is 0 Å². The fraction of sp³-hybridized carbons (Fsp3) is 0.423. The van der Waals surface area contributed by atoms with Crippen molar-refractivity contribution in [2.24, 2.45) is 0 Å². The number of carbonyl (C=O) groups is 2. The van der Waals surface area contributed by atoms with Crippen LogP contribution in [-0.2, 0) is 9.47 Å². The van der Waals surface area contributed by atoms with Crippen LogP contribution in [0.3, 0.4) is 0 Å². The lowest BCUT2D eigenvalue weighted by Gasteiger charge is -2.23. The maximum Gasteiger partial charge on any atom is 0.413 e. The van der Waals surface area contributed by atoms with Crippen LogP contribution < -0.4 is 5.32 Å². The zero-order valence-corrected chi connectivity index (χ0v) is 19.7. The van der Waals surface area contributed by atoms with Crippen molar-refractivity contribution in [3.8, 4) is 11.3 Å². The first-order valence-corrected chi connectivity index (χ1v) is 11.5. The van der Waals surface area contributed by atoms with Crippen LogP contribution in [0.15, 0.2) is 36.5 Å². The monoisotopic (exact) mass is 449 g/mol. The molecule has 1 fully saturated rings. The molecule has 1 aliphatic rings. The smallest absolute Gasteiger partial charge is 0.413 e. The van der Waals surface area contributed by atoms with Crippen LogP contribution in [0.1, 0.15) is 74.7 Å². The van der Waals surface area contributed by atoms with Crippen LogP contribution in [0, 0.1) is 0 Å². The predicted octanol–water partition coefficient (Wildman–Crippen LogP) is 6.41. The fourth-order valence-corrected chi connectivity index (χ4v) is 4.60. The average Bonchev–Trinajstić information content (AvgIpc) is 3.16. The van der Waals surface area contributed by atoms with E-state index in [1.165, 1.54) is 31.9 Å². The largest absolute Gasteiger partial charge is 0.465 e. The number of hydrogen-bond acceptors (Lipinski definition) is 5. The first-order valence-electron chi connectivity index (χ1n) is 11.5. The fourth-order valence-electron chi connectivity index (χ4n) is 4.60. The van der Waals surface area contributed by atoms with Crippen LogP contribution in [-0.4, -0.2) is 34.7 Å². The van der Waals surface area contributed by atoms with Gasteiger partial charge in [0.2, 0.25) is 0 Å². The number of carbonyl (C=O) groups excluding carboxylic acids is 2. The predicted molar refractivity (Wildman–Crippen MR) is 129 cm³/mol. The second-order valence-electron chi connectivity index (χ2n) is 9.53. The average molecular weight is 450 g/mol. The van der Waals surface area contributed by atoms with Gasteiger partial charge in [-0.05, 0) is 69.4 Å². The number of H-pyrrole nitrogens is 1. The molecule has 4 rings (SSSR count). The summed E-state index contributed by atoms with van der Waals surface area (Å²) >= 11 is 0. The highest BCUT2D eigenvalue weighted by Gasteiger charge is 2.26. The van der Waals surface area contributed by atoms with E-state index in [9.17, 15) is 9.59 Å². The van der Waals surface area contributed by atoms with E-state index >= 15 is 0 Å². The molecule has 0 unspecified atom stereocenters. The lowest BCUT2D eigenvalue weighted by atomic mass is 9.82. The lowest BCUT2D eigenvalue weighted by Crippen LogP contribution is -2.27. The number of anilines is 1. The zero-order chi connectivity index (χ0) is 23.6. The van der Waals surface area contributed by atoms with Crippen molar-refractivity contribution in [1.29, 1.82) is 0 Å².